The van der Waals surface area contributed by atoms with Gasteiger partial charge in [0.15, 0.2) is 11.0 Å². The van der Waals surface area contributed by atoms with Crippen molar-refractivity contribution < 1.29 is 9.21 Å². The van der Waals surface area contributed by atoms with E-state index in [4.69, 9.17) is 4.42 Å². The minimum atomic E-state index is -0.369. The third-order valence-corrected chi connectivity index (χ3v) is 4.24. The van der Waals surface area contributed by atoms with Crippen LogP contribution in [0.25, 0.3) is 22.3 Å². The van der Waals surface area contributed by atoms with E-state index >= 15 is 0 Å². The van der Waals surface area contributed by atoms with Gasteiger partial charge in [0.2, 0.25) is 0 Å². The van der Waals surface area contributed by atoms with E-state index in [9.17, 15) is 9.59 Å². The Hall–Kier alpha value is -3.73. The topological polar surface area (TPSA) is 72.2 Å². The molecule has 4 aromatic rings. The summed E-state index contributed by atoms with van der Waals surface area (Å²) in [7, 11) is 0. The molecule has 0 radical (unpaired) electrons. The number of aromatic nitrogens is 1. The summed E-state index contributed by atoms with van der Waals surface area (Å²) >= 11 is 0. The molecule has 4 rings (SSSR count). The summed E-state index contributed by atoms with van der Waals surface area (Å²) in [5.74, 6) is 0.0820. The normalized spacial score (nSPS) is 10.7. The molecule has 0 aliphatic rings. The second-order valence-corrected chi connectivity index (χ2v) is 6.19. The number of carbonyl (C=O) groups excluding carboxylic acids is 1. The maximum atomic E-state index is 12.6. The van der Waals surface area contributed by atoms with E-state index in [1.54, 1.807) is 42.6 Å². The van der Waals surface area contributed by atoms with Gasteiger partial charge < -0.3 is 9.73 Å². The maximum absolute atomic E-state index is 12.6. The molecule has 27 heavy (non-hydrogen) atoms. The van der Waals surface area contributed by atoms with Gasteiger partial charge in [-0.25, -0.2) is 0 Å². The SMILES string of the molecule is Cc1ccc(-c2cc(=O)c3cccc(NC(=O)c4ccccn4)c3o2)cc1. The Morgan fingerprint density at radius 2 is 1.81 bits per heavy atom. The van der Waals surface area contributed by atoms with Gasteiger partial charge in [-0.2, -0.15) is 0 Å². The van der Waals surface area contributed by atoms with Gasteiger partial charge in [0.05, 0.1) is 11.1 Å². The third kappa shape index (κ3) is 3.35. The first-order chi connectivity index (χ1) is 13.1. The summed E-state index contributed by atoms with van der Waals surface area (Å²) in [5.41, 5.74) is 2.79. The number of carbonyl (C=O) groups is 1. The second kappa shape index (κ2) is 6.88. The van der Waals surface area contributed by atoms with Crippen molar-refractivity contribution in [3.05, 3.63) is 94.4 Å². The number of nitrogens with zero attached hydrogens (tertiary/aromatic N) is 1. The minimum absolute atomic E-state index is 0.166. The van der Waals surface area contributed by atoms with Crippen molar-refractivity contribution in [3.8, 4) is 11.3 Å². The first-order valence-corrected chi connectivity index (χ1v) is 8.48. The van der Waals surface area contributed by atoms with E-state index in [0.29, 0.717) is 22.4 Å². The van der Waals surface area contributed by atoms with E-state index in [0.717, 1.165) is 11.1 Å². The number of aryl methyl sites for hydroxylation is 1. The van der Waals surface area contributed by atoms with Gasteiger partial charge in [-0.3, -0.25) is 14.6 Å². The molecule has 0 bridgehead atoms. The molecule has 0 spiro atoms. The van der Waals surface area contributed by atoms with E-state index in [2.05, 4.69) is 10.3 Å². The highest BCUT2D eigenvalue weighted by molar-refractivity contribution is 6.06. The molecule has 0 saturated carbocycles. The van der Waals surface area contributed by atoms with Crippen LogP contribution in [0.4, 0.5) is 5.69 Å². The fourth-order valence-corrected chi connectivity index (χ4v) is 2.82. The molecular weight excluding hydrogens is 340 g/mol. The summed E-state index contributed by atoms with van der Waals surface area (Å²) < 4.78 is 6.00. The van der Waals surface area contributed by atoms with Crippen molar-refractivity contribution in [3.63, 3.8) is 0 Å². The predicted molar refractivity (Wildman–Crippen MR) is 105 cm³/mol. The van der Waals surface area contributed by atoms with Crippen LogP contribution in [0.3, 0.4) is 0 Å². The lowest BCUT2D eigenvalue weighted by Crippen LogP contribution is -2.14. The number of hydrogen-bond donors (Lipinski definition) is 1. The molecule has 2 heterocycles. The zero-order valence-electron chi connectivity index (χ0n) is 14.6. The van der Waals surface area contributed by atoms with Crippen LogP contribution in [0, 0.1) is 6.92 Å². The molecule has 0 saturated heterocycles. The van der Waals surface area contributed by atoms with Gasteiger partial charge in [-0.05, 0) is 31.2 Å². The Labute approximate surface area is 155 Å². The van der Waals surface area contributed by atoms with Gasteiger partial charge >= 0.3 is 0 Å². The number of benzene rings is 2. The van der Waals surface area contributed by atoms with E-state index in [1.807, 2.05) is 31.2 Å². The van der Waals surface area contributed by atoms with Crippen molar-refractivity contribution >= 4 is 22.6 Å². The van der Waals surface area contributed by atoms with Crippen LogP contribution >= 0.6 is 0 Å². The fourth-order valence-electron chi connectivity index (χ4n) is 2.82. The average Bonchev–Trinajstić information content (AvgIpc) is 2.69. The third-order valence-electron chi connectivity index (χ3n) is 4.24. The van der Waals surface area contributed by atoms with E-state index in [1.165, 1.54) is 6.07 Å². The monoisotopic (exact) mass is 356 g/mol. The van der Waals surface area contributed by atoms with E-state index < -0.39 is 0 Å². The van der Waals surface area contributed by atoms with Crippen molar-refractivity contribution in [2.45, 2.75) is 6.92 Å². The zero-order chi connectivity index (χ0) is 18.8. The van der Waals surface area contributed by atoms with Crippen molar-refractivity contribution in [2.24, 2.45) is 0 Å². The van der Waals surface area contributed by atoms with Gasteiger partial charge in [0.25, 0.3) is 5.91 Å². The zero-order valence-corrected chi connectivity index (χ0v) is 14.6. The first-order valence-electron chi connectivity index (χ1n) is 8.48. The standard InChI is InChI=1S/C22H16N2O3/c1-14-8-10-15(11-9-14)20-13-19(25)16-5-4-7-17(21(16)27-20)24-22(26)18-6-2-3-12-23-18/h2-13H,1H3,(H,24,26). The number of rotatable bonds is 3. The van der Waals surface area contributed by atoms with Crippen LogP contribution in [-0.4, -0.2) is 10.9 Å². The number of pyridine rings is 1. The van der Waals surface area contributed by atoms with Crippen LogP contribution in [-0.2, 0) is 0 Å². The van der Waals surface area contributed by atoms with Gasteiger partial charge in [0.1, 0.15) is 11.5 Å². The molecule has 0 aliphatic carbocycles. The molecule has 1 amide bonds. The van der Waals surface area contributed by atoms with Gasteiger partial charge in [-0.15, -0.1) is 0 Å². The lowest BCUT2D eigenvalue weighted by atomic mass is 10.1. The fraction of sp³-hybridized carbons (Fsp3) is 0.0455. The van der Waals surface area contributed by atoms with Crippen LogP contribution in [0.1, 0.15) is 16.1 Å². The Bertz CT molecular complexity index is 1180. The minimum Gasteiger partial charge on any atom is -0.454 e. The Morgan fingerprint density at radius 3 is 2.56 bits per heavy atom. The predicted octanol–water partition coefficient (Wildman–Crippen LogP) is 4.42. The lowest BCUT2D eigenvalue weighted by molar-refractivity contribution is 0.102. The number of para-hydroxylation sites is 1. The lowest BCUT2D eigenvalue weighted by Gasteiger charge is -2.09. The number of fused-ring (bicyclic) bond motifs is 1. The smallest absolute Gasteiger partial charge is 0.274 e. The van der Waals surface area contributed by atoms with Crippen molar-refractivity contribution in [1.29, 1.82) is 0 Å². The Kier molecular flexibility index (Phi) is 4.26. The van der Waals surface area contributed by atoms with Crippen LogP contribution in [0.2, 0.25) is 0 Å². The highest BCUT2D eigenvalue weighted by Crippen LogP contribution is 2.27. The molecule has 0 fully saturated rings. The molecule has 5 nitrogen and oxygen atoms in total. The summed E-state index contributed by atoms with van der Waals surface area (Å²) in [4.78, 5) is 29.0. The number of nitrogens with one attached hydrogen (secondary N) is 1. The summed E-state index contributed by atoms with van der Waals surface area (Å²) in [6.45, 7) is 1.99. The Morgan fingerprint density at radius 1 is 1.00 bits per heavy atom. The maximum Gasteiger partial charge on any atom is 0.274 e. The molecule has 5 heteroatoms. The molecule has 2 aromatic heterocycles. The van der Waals surface area contributed by atoms with Gasteiger partial charge in [0, 0.05) is 17.8 Å². The molecule has 2 aromatic carbocycles. The molecule has 0 aliphatic heterocycles. The van der Waals surface area contributed by atoms with E-state index in [-0.39, 0.29) is 17.0 Å². The second-order valence-electron chi connectivity index (χ2n) is 6.19. The number of hydrogen-bond acceptors (Lipinski definition) is 4. The van der Waals surface area contributed by atoms with Crippen molar-refractivity contribution in [2.75, 3.05) is 5.32 Å². The summed E-state index contributed by atoms with van der Waals surface area (Å²) in [5, 5.41) is 3.19. The quantitative estimate of drug-likeness (QED) is 0.590. The van der Waals surface area contributed by atoms with Gasteiger partial charge in [-0.1, -0.05) is 42.0 Å². The highest BCUT2D eigenvalue weighted by Gasteiger charge is 2.14. The summed E-state index contributed by atoms with van der Waals surface area (Å²) in [6.07, 6.45) is 1.55. The largest absolute Gasteiger partial charge is 0.454 e. The summed E-state index contributed by atoms with van der Waals surface area (Å²) in [6, 6.07) is 19.3. The number of amides is 1. The number of anilines is 1. The first kappa shape index (κ1) is 16.7. The van der Waals surface area contributed by atoms with Crippen LogP contribution in [0.5, 0.6) is 0 Å². The molecular formula is C22H16N2O3. The molecule has 132 valence electrons. The highest BCUT2D eigenvalue weighted by atomic mass is 16.3. The van der Waals surface area contributed by atoms with Crippen LogP contribution in [0.15, 0.2) is 82.1 Å². The molecule has 0 atom stereocenters. The average molecular weight is 356 g/mol. The Balaban J connectivity index is 1.80. The molecule has 1 N–H and O–H groups in total. The van der Waals surface area contributed by atoms with Crippen molar-refractivity contribution in [1.82, 2.24) is 4.98 Å². The van der Waals surface area contributed by atoms with Crippen LogP contribution < -0.4 is 10.7 Å². The molecule has 0 unspecified atom stereocenters.